The predicted molar refractivity (Wildman–Crippen MR) is 88.3 cm³/mol. The van der Waals surface area contributed by atoms with Gasteiger partial charge in [0.15, 0.2) is 23.9 Å². The van der Waals surface area contributed by atoms with Gasteiger partial charge < -0.3 is 14.2 Å². The summed E-state index contributed by atoms with van der Waals surface area (Å²) in [5, 5.41) is 0. The molecule has 0 aliphatic carbocycles. The van der Waals surface area contributed by atoms with Crippen LogP contribution in [0.15, 0.2) is 46.9 Å². The first-order chi connectivity index (χ1) is 11.0. The first kappa shape index (κ1) is 17.0. The average Bonchev–Trinajstić information content (AvgIpc) is 2.59. The van der Waals surface area contributed by atoms with Crippen LogP contribution in [0.3, 0.4) is 0 Å². The standard InChI is InChI=1S/C17H15BrO5/c1-21-15-8-5-12(9-16(15)22-2)17(20)23-10-14(19)11-3-6-13(18)7-4-11/h3-9H,10H2,1-2H3. The van der Waals surface area contributed by atoms with Gasteiger partial charge in [-0.05, 0) is 30.3 Å². The number of hydrogen-bond acceptors (Lipinski definition) is 5. The van der Waals surface area contributed by atoms with Gasteiger partial charge in [-0.15, -0.1) is 0 Å². The number of ketones is 1. The predicted octanol–water partition coefficient (Wildman–Crippen LogP) is 3.51. The van der Waals surface area contributed by atoms with Gasteiger partial charge in [0.2, 0.25) is 0 Å². The fourth-order valence-corrected chi connectivity index (χ4v) is 2.16. The highest BCUT2D eigenvalue weighted by Gasteiger charge is 2.14. The lowest BCUT2D eigenvalue weighted by Gasteiger charge is -2.09. The van der Waals surface area contributed by atoms with Crippen LogP contribution in [0.25, 0.3) is 0 Å². The fraction of sp³-hybridized carbons (Fsp3) is 0.176. The highest BCUT2D eigenvalue weighted by atomic mass is 79.9. The number of rotatable bonds is 6. The number of esters is 1. The number of benzene rings is 2. The number of Topliss-reactive ketones (excluding diaryl/α,β-unsaturated/α-hetero) is 1. The molecule has 0 amide bonds. The minimum Gasteiger partial charge on any atom is -0.493 e. The van der Waals surface area contributed by atoms with Crippen molar-refractivity contribution in [2.24, 2.45) is 0 Å². The maximum absolute atomic E-state index is 12.0. The summed E-state index contributed by atoms with van der Waals surface area (Å²) < 4.78 is 16.2. The molecule has 2 rings (SSSR count). The van der Waals surface area contributed by atoms with Crippen LogP contribution in [-0.4, -0.2) is 32.6 Å². The molecule has 0 N–H and O–H groups in total. The normalized spacial score (nSPS) is 10.0. The monoisotopic (exact) mass is 378 g/mol. The Kier molecular flexibility index (Phi) is 5.76. The number of ether oxygens (including phenoxy) is 3. The zero-order chi connectivity index (χ0) is 16.8. The third-order valence-corrected chi connectivity index (χ3v) is 3.65. The topological polar surface area (TPSA) is 61.8 Å². The van der Waals surface area contributed by atoms with Crippen LogP contribution in [0, 0.1) is 0 Å². The summed E-state index contributed by atoms with van der Waals surface area (Å²) in [5.41, 5.74) is 0.763. The Morgan fingerprint density at radius 2 is 1.52 bits per heavy atom. The number of hydrogen-bond donors (Lipinski definition) is 0. The minimum absolute atomic E-state index is 0.272. The smallest absolute Gasteiger partial charge is 0.338 e. The quantitative estimate of drug-likeness (QED) is 0.568. The van der Waals surface area contributed by atoms with Crippen LogP contribution in [0.4, 0.5) is 0 Å². The van der Waals surface area contributed by atoms with Crippen LogP contribution in [0.1, 0.15) is 20.7 Å². The molecule has 0 atom stereocenters. The lowest BCUT2D eigenvalue weighted by Crippen LogP contribution is -2.14. The largest absolute Gasteiger partial charge is 0.493 e. The first-order valence-corrected chi connectivity index (χ1v) is 7.52. The average molecular weight is 379 g/mol. The number of carbonyl (C=O) groups excluding carboxylic acids is 2. The molecular weight excluding hydrogens is 364 g/mol. The maximum Gasteiger partial charge on any atom is 0.338 e. The van der Waals surface area contributed by atoms with Crippen LogP contribution in [-0.2, 0) is 4.74 Å². The number of halogens is 1. The molecule has 0 saturated heterocycles. The molecule has 0 fully saturated rings. The lowest BCUT2D eigenvalue weighted by molar-refractivity contribution is 0.0474. The highest BCUT2D eigenvalue weighted by molar-refractivity contribution is 9.10. The van der Waals surface area contributed by atoms with Gasteiger partial charge in [-0.1, -0.05) is 28.1 Å². The number of carbonyl (C=O) groups is 2. The van der Waals surface area contributed by atoms with Gasteiger partial charge in [-0.2, -0.15) is 0 Å². The van der Waals surface area contributed by atoms with Gasteiger partial charge in [0.25, 0.3) is 0 Å². The molecule has 0 aliphatic rings. The van der Waals surface area contributed by atoms with Crippen molar-refractivity contribution in [3.05, 3.63) is 58.1 Å². The van der Waals surface area contributed by atoms with Crippen molar-refractivity contribution < 1.29 is 23.8 Å². The molecule has 0 unspecified atom stereocenters. The zero-order valence-electron chi connectivity index (χ0n) is 12.7. The molecule has 0 bridgehead atoms. The summed E-state index contributed by atoms with van der Waals surface area (Å²) in [6.45, 7) is -0.325. The van der Waals surface area contributed by atoms with Crippen LogP contribution in [0.2, 0.25) is 0 Å². The summed E-state index contributed by atoms with van der Waals surface area (Å²) in [4.78, 5) is 24.0. The van der Waals surface area contributed by atoms with Gasteiger partial charge in [-0.25, -0.2) is 4.79 Å². The second kappa shape index (κ2) is 7.78. The Morgan fingerprint density at radius 3 is 2.13 bits per heavy atom. The van der Waals surface area contributed by atoms with E-state index >= 15 is 0 Å². The summed E-state index contributed by atoms with van der Waals surface area (Å²) in [6.07, 6.45) is 0. The van der Waals surface area contributed by atoms with Gasteiger partial charge in [0.05, 0.1) is 19.8 Å². The Morgan fingerprint density at radius 1 is 0.913 bits per heavy atom. The van der Waals surface area contributed by atoms with E-state index in [1.165, 1.54) is 20.3 Å². The molecule has 0 aromatic heterocycles. The molecule has 0 heterocycles. The molecule has 5 nitrogen and oxygen atoms in total. The third-order valence-electron chi connectivity index (χ3n) is 3.12. The Bertz CT molecular complexity index is 709. The van der Waals surface area contributed by atoms with E-state index in [1.54, 1.807) is 36.4 Å². The van der Waals surface area contributed by atoms with Crippen LogP contribution < -0.4 is 9.47 Å². The van der Waals surface area contributed by atoms with Crippen molar-refractivity contribution in [1.29, 1.82) is 0 Å². The summed E-state index contributed by atoms with van der Waals surface area (Å²) in [7, 11) is 2.98. The SMILES string of the molecule is COc1ccc(C(=O)OCC(=O)c2ccc(Br)cc2)cc1OC. The van der Waals surface area contributed by atoms with Gasteiger partial charge in [0, 0.05) is 10.0 Å². The van der Waals surface area contributed by atoms with Crippen LogP contribution >= 0.6 is 15.9 Å². The molecule has 0 spiro atoms. The molecule has 120 valence electrons. The van der Waals surface area contributed by atoms with E-state index in [1.807, 2.05) is 0 Å². The summed E-state index contributed by atoms with van der Waals surface area (Å²) in [6, 6.07) is 11.5. The molecule has 23 heavy (non-hydrogen) atoms. The lowest BCUT2D eigenvalue weighted by atomic mass is 10.1. The van der Waals surface area contributed by atoms with Crippen molar-refractivity contribution in [1.82, 2.24) is 0 Å². The second-order valence-corrected chi connectivity index (χ2v) is 5.49. The first-order valence-electron chi connectivity index (χ1n) is 6.73. The van der Waals surface area contributed by atoms with Crippen molar-refractivity contribution in [2.75, 3.05) is 20.8 Å². The van der Waals surface area contributed by atoms with Gasteiger partial charge in [0.1, 0.15) is 0 Å². The fourth-order valence-electron chi connectivity index (χ4n) is 1.90. The molecule has 0 aliphatic heterocycles. The Balaban J connectivity index is 2.02. The summed E-state index contributed by atoms with van der Waals surface area (Å²) in [5.74, 6) is 0.0546. The molecule has 6 heteroatoms. The van der Waals surface area contributed by atoms with Gasteiger partial charge in [-0.3, -0.25) is 4.79 Å². The maximum atomic E-state index is 12.0. The third kappa shape index (κ3) is 4.32. The van der Waals surface area contributed by atoms with E-state index in [9.17, 15) is 9.59 Å². The van der Waals surface area contributed by atoms with Crippen molar-refractivity contribution in [3.8, 4) is 11.5 Å². The molecule has 2 aromatic rings. The minimum atomic E-state index is -0.601. The van der Waals surface area contributed by atoms with Crippen molar-refractivity contribution in [2.45, 2.75) is 0 Å². The van der Waals surface area contributed by atoms with E-state index in [-0.39, 0.29) is 18.0 Å². The van der Waals surface area contributed by atoms with Gasteiger partial charge >= 0.3 is 5.97 Å². The van der Waals surface area contributed by atoms with E-state index < -0.39 is 5.97 Å². The van der Waals surface area contributed by atoms with E-state index in [0.717, 1.165) is 4.47 Å². The molecule has 2 aromatic carbocycles. The molecular formula is C17H15BrO5. The van der Waals surface area contributed by atoms with Crippen molar-refractivity contribution >= 4 is 27.7 Å². The highest BCUT2D eigenvalue weighted by Crippen LogP contribution is 2.27. The van der Waals surface area contributed by atoms with E-state index in [0.29, 0.717) is 17.1 Å². The molecule has 0 saturated carbocycles. The van der Waals surface area contributed by atoms with Crippen LogP contribution in [0.5, 0.6) is 11.5 Å². The number of methoxy groups -OCH3 is 2. The van der Waals surface area contributed by atoms with E-state index in [4.69, 9.17) is 14.2 Å². The Hall–Kier alpha value is -2.34. The Labute approximate surface area is 142 Å². The molecule has 0 radical (unpaired) electrons. The van der Waals surface area contributed by atoms with E-state index in [2.05, 4.69) is 15.9 Å². The second-order valence-electron chi connectivity index (χ2n) is 4.58. The summed E-state index contributed by atoms with van der Waals surface area (Å²) >= 11 is 3.29. The van der Waals surface area contributed by atoms with Crippen molar-refractivity contribution in [3.63, 3.8) is 0 Å². The zero-order valence-corrected chi connectivity index (χ0v) is 14.3.